The van der Waals surface area contributed by atoms with Crippen LogP contribution in [0.25, 0.3) is 22.1 Å². The number of nitriles is 1. The monoisotopic (exact) mass is 465 g/mol. The number of hydrogen-bond donors (Lipinski definition) is 1. The lowest BCUT2D eigenvalue weighted by molar-refractivity contribution is -0.137. The van der Waals surface area contributed by atoms with E-state index < -0.39 is 12.0 Å². The van der Waals surface area contributed by atoms with E-state index in [0.717, 1.165) is 22.0 Å². The van der Waals surface area contributed by atoms with Crippen LogP contribution in [-0.2, 0) is 18.4 Å². The maximum Gasteiger partial charge on any atom is 0.331 e. The van der Waals surface area contributed by atoms with Gasteiger partial charge in [0, 0.05) is 24.1 Å². The van der Waals surface area contributed by atoms with E-state index in [1.165, 1.54) is 4.57 Å². The van der Waals surface area contributed by atoms with Gasteiger partial charge in [0.1, 0.15) is 11.8 Å². The Morgan fingerprint density at radius 3 is 2.57 bits per heavy atom. The second-order valence-electron chi connectivity index (χ2n) is 8.65. The van der Waals surface area contributed by atoms with E-state index in [1.807, 2.05) is 55.1 Å². The van der Waals surface area contributed by atoms with Gasteiger partial charge in [-0.15, -0.1) is 0 Å². The number of pyridine rings is 1. The van der Waals surface area contributed by atoms with Gasteiger partial charge in [-0.1, -0.05) is 42.5 Å². The minimum Gasteiger partial charge on any atom is -0.481 e. The van der Waals surface area contributed by atoms with Crippen LogP contribution in [0, 0.1) is 18.3 Å². The van der Waals surface area contributed by atoms with Crippen molar-refractivity contribution in [2.24, 2.45) is 7.05 Å². The lowest BCUT2D eigenvalue weighted by atomic mass is 10.0. The third kappa shape index (κ3) is 3.77. The van der Waals surface area contributed by atoms with Gasteiger partial charge in [-0.05, 0) is 41.8 Å². The zero-order valence-corrected chi connectivity index (χ0v) is 19.3. The minimum absolute atomic E-state index is 0.159. The molecule has 2 aromatic carbocycles. The minimum atomic E-state index is -1.03. The molecule has 174 valence electrons. The lowest BCUT2D eigenvalue weighted by Crippen LogP contribution is -2.29. The molecule has 0 amide bonds. The third-order valence-electron chi connectivity index (χ3n) is 6.42. The summed E-state index contributed by atoms with van der Waals surface area (Å²) in [7, 11) is 1.97. The fourth-order valence-corrected chi connectivity index (χ4v) is 4.87. The van der Waals surface area contributed by atoms with Crippen LogP contribution >= 0.6 is 0 Å². The van der Waals surface area contributed by atoms with E-state index in [2.05, 4.69) is 4.98 Å². The normalized spacial score (nSPS) is 12.1. The first-order chi connectivity index (χ1) is 16.9. The number of carbonyl (C=O) groups is 1. The van der Waals surface area contributed by atoms with Gasteiger partial charge in [0.15, 0.2) is 5.65 Å². The highest BCUT2D eigenvalue weighted by molar-refractivity contribution is 5.87. The molecule has 3 aromatic heterocycles. The van der Waals surface area contributed by atoms with Crippen LogP contribution in [-0.4, -0.2) is 29.8 Å². The maximum atomic E-state index is 13.9. The summed E-state index contributed by atoms with van der Waals surface area (Å²) >= 11 is 0. The first kappa shape index (κ1) is 22.2. The first-order valence-corrected chi connectivity index (χ1v) is 11.2. The van der Waals surface area contributed by atoms with Crippen molar-refractivity contribution in [3.05, 3.63) is 99.7 Å². The van der Waals surface area contributed by atoms with E-state index in [1.54, 1.807) is 41.0 Å². The smallest absolute Gasteiger partial charge is 0.331 e. The Balaban J connectivity index is 1.77. The number of carboxylic acid groups (broad SMARTS) is 1. The Labute approximate surface area is 200 Å². The molecule has 1 N–H and O–H groups in total. The predicted molar refractivity (Wildman–Crippen MR) is 132 cm³/mol. The zero-order chi connectivity index (χ0) is 24.7. The number of aromatic nitrogens is 4. The number of rotatable bonds is 6. The van der Waals surface area contributed by atoms with Crippen LogP contribution in [0.4, 0.5) is 0 Å². The SMILES string of the molecule is Cc1cccc2c1c(Cn1c(=O)n(C(CC(=O)O)c3ccccc3)c3nc(C#N)ccc31)cn2C. The van der Waals surface area contributed by atoms with Crippen LogP contribution in [0.3, 0.4) is 0 Å². The molecule has 5 aromatic rings. The molecule has 8 heteroatoms. The van der Waals surface area contributed by atoms with Crippen molar-refractivity contribution in [2.45, 2.75) is 25.9 Å². The molecular formula is C27H23N5O3. The maximum absolute atomic E-state index is 13.9. The number of carboxylic acids is 1. The quantitative estimate of drug-likeness (QED) is 0.408. The summed E-state index contributed by atoms with van der Waals surface area (Å²) in [5.41, 5.74) is 4.45. The number of aryl methyl sites for hydroxylation is 2. The lowest BCUT2D eigenvalue weighted by Gasteiger charge is -2.17. The van der Waals surface area contributed by atoms with Crippen LogP contribution in [0.15, 0.2) is 71.7 Å². The fraction of sp³-hybridized carbons (Fsp3) is 0.185. The van der Waals surface area contributed by atoms with Crippen molar-refractivity contribution in [1.29, 1.82) is 5.26 Å². The van der Waals surface area contributed by atoms with E-state index in [-0.39, 0.29) is 24.3 Å². The van der Waals surface area contributed by atoms with Crippen molar-refractivity contribution < 1.29 is 9.90 Å². The van der Waals surface area contributed by atoms with Crippen molar-refractivity contribution in [1.82, 2.24) is 18.7 Å². The van der Waals surface area contributed by atoms with Crippen molar-refractivity contribution in [2.75, 3.05) is 0 Å². The Hall–Kier alpha value is -4.64. The summed E-state index contributed by atoms with van der Waals surface area (Å²) in [5, 5.41) is 20.2. The molecular weight excluding hydrogens is 442 g/mol. The topological polar surface area (TPSA) is 106 Å². The Morgan fingerprint density at radius 2 is 1.86 bits per heavy atom. The van der Waals surface area contributed by atoms with Gasteiger partial charge < -0.3 is 9.67 Å². The molecule has 0 aliphatic heterocycles. The second-order valence-corrected chi connectivity index (χ2v) is 8.65. The molecule has 0 spiro atoms. The number of nitrogens with zero attached hydrogens (tertiary/aromatic N) is 5. The molecule has 35 heavy (non-hydrogen) atoms. The third-order valence-corrected chi connectivity index (χ3v) is 6.42. The van der Waals surface area contributed by atoms with E-state index in [9.17, 15) is 20.0 Å². The average molecular weight is 466 g/mol. The Morgan fingerprint density at radius 1 is 1.09 bits per heavy atom. The number of imidazole rings is 1. The molecule has 1 atom stereocenters. The van der Waals surface area contributed by atoms with Crippen LogP contribution < -0.4 is 5.69 Å². The molecule has 3 heterocycles. The largest absolute Gasteiger partial charge is 0.481 e. The van der Waals surface area contributed by atoms with Gasteiger partial charge in [-0.2, -0.15) is 5.26 Å². The molecule has 0 saturated carbocycles. The van der Waals surface area contributed by atoms with E-state index in [0.29, 0.717) is 16.7 Å². The summed E-state index contributed by atoms with van der Waals surface area (Å²) in [6.07, 6.45) is 1.71. The summed E-state index contributed by atoms with van der Waals surface area (Å²) in [6.45, 7) is 2.32. The molecule has 8 nitrogen and oxygen atoms in total. The van der Waals surface area contributed by atoms with Crippen molar-refractivity contribution in [3.8, 4) is 6.07 Å². The zero-order valence-electron chi connectivity index (χ0n) is 19.3. The van der Waals surface area contributed by atoms with Gasteiger partial charge in [0.2, 0.25) is 0 Å². The molecule has 0 bridgehead atoms. The highest BCUT2D eigenvalue weighted by Crippen LogP contribution is 2.28. The second kappa shape index (κ2) is 8.61. The van der Waals surface area contributed by atoms with Gasteiger partial charge in [-0.3, -0.25) is 13.9 Å². The molecule has 5 rings (SSSR count). The van der Waals surface area contributed by atoms with Crippen LogP contribution in [0.1, 0.15) is 34.8 Å². The van der Waals surface area contributed by atoms with Crippen molar-refractivity contribution >= 4 is 28.0 Å². The number of fused-ring (bicyclic) bond motifs is 2. The fourth-order valence-electron chi connectivity index (χ4n) is 4.87. The molecule has 0 aliphatic carbocycles. The van der Waals surface area contributed by atoms with Crippen molar-refractivity contribution in [3.63, 3.8) is 0 Å². The van der Waals surface area contributed by atoms with E-state index in [4.69, 9.17) is 0 Å². The molecule has 0 aliphatic rings. The molecule has 0 radical (unpaired) electrons. The van der Waals surface area contributed by atoms with Gasteiger partial charge in [-0.25, -0.2) is 9.78 Å². The molecule has 1 unspecified atom stereocenters. The standard InChI is InChI=1S/C27H23N5O3/c1-17-7-6-10-21-25(17)19(15-30(21)2)16-31-22-12-11-20(14-28)29-26(22)32(27(31)35)23(13-24(33)34)18-8-4-3-5-9-18/h3-12,15,23H,13,16H2,1-2H3,(H,33,34). The Kier molecular flexibility index (Phi) is 5.46. The number of hydrogen-bond acceptors (Lipinski definition) is 4. The van der Waals surface area contributed by atoms with Gasteiger partial charge in [0.25, 0.3) is 0 Å². The Bertz CT molecular complexity index is 1690. The summed E-state index contributed by atoms with van der Waals surface area (Å²) in [4.78, 5) is 30.2. The van der Waals surface area contributed by atoms with E-state index >= 15 is 0 Å². The predicted octanol–water partition coefficient (Wildman–Crippen LogP) is 3.98. The highest BCUT2D eigenvalue weighted by Gasteiger charge is 2.26. The molecule has 0 fully saturated rings. The van der Waals surface area contributed by atoms with Crippen LogP contribution in [0.2, 0.25) is 0 Å². The average Bonchev–Trinajstić information content (AvgIpc) is 3.32. The highest BCUT2D eigenvalue weighted by atomic mass is 16.4. The number of benzene rings is 2. The van der Waals surface area contributed by atoms with Gasteiger partial charge in [0.05, 0.1) is 24.5 Å². The summed E-state index contributed by atoms with van der Waals surface area (Å²) in [6, 6.07) is 19.7. The number of aliphatic carboxylic acids is 1. The first-order valence-electron chi connectivity index (χ1n) is 11.2. The molecule has 0 saturated heterocycles. The summed E-state index contributed by atoms with van der Waals surface area (Å²) < 4.78 is 5.06. The van der Waals surface area contributed by atoms with Crippen LogP contribution in [0.5, 0.6) is 0 Å². The summed E-state index contributed by atoms with van der Waals surface area (Å²) in [5.74, 6) is -1.03. The van der Waals surface area contributed by atoms with Gasteiger partial charge >= 0.3 is 11.7 Å².